The first kappa shape index (κ1) is 12.3. The summed E-state index contributed by atoms with van der Waals surface area (Å²) >= 11 is 0. The molecule has 0 saturated carbocycles. The SMILES string of the molecule is CC(C)NCCC(C)OCc1ccco1. The molecule has 1 aromatic rings. The first-order valence-electron chi connectivity index (χ1n) is 5.56. The zero-order valence-electron chi connectivity index (χ0n) is 9.82. The van der Waals surface area contributed by atoms with Crippen LogP contribution < -0.4 is 5.32 Å². The van der Waals surface area contributed by atoms with Crippen LogP contribution >= 0.6 is 0 Å². The van der Waals surface area contributed by atoms with Crippen LogP contribution in [0, 0.1) is 0 Å². The van der Waals surface area contributed by atoms with Crippen molar-refractivity contribution in [2.45, 2.75) is 45.9 Å². The monoisotopic (exact) mass is 211 g/mol. The highest BCUT2D eigenvalue weighted by Crippen LogP contribution is 2.05. The smallest absolute Gasteiger partial charge is 0.129 e. The van der Waals surface area contributed by atoms with Crippen LogP contribution in [0.15, 0.2) is 22.8 Å². The Morgan fingerprint density at radius 3 is 2.80 bits per heavy atom. The summed E-state index contributed by atoms with van der Waals surface area (Å²) < 4.78 is 10.8. The molecule has 1 aromatic heterocycles. The molecule has 0 aliphatic rings. The van der Waals surface area contributed by atoms with E-state index in [1.165, 1.54) is 0 Å². The number of rotatable bonds is 7. The highest BCUT2D eigenvalue weighted by molar-refractivity contribution is 4.96. The van der Waals surface area contributed by atoms with Gasteiger partial charge in [0.05, 0.1) is 12.4 Å². The first-order chi connectivity index (χ1) is 7.18. The molecule has 1 heterocycles. The Morgan fingerprint density at radius 2 is 2.20 bits per heavy atom. The standard InChI is InChI=1S/C12H21NO2/c1-10(2)13-7-6-11(3)15-9-12-5-4-8-14-12/h4-5,8,10-11,13H,6-7,9H2,1-3H3. The van der Waals surface area contributed by atoms with Gasteiger partial charge in [0.1, 0.15) is 12.4 Å². The summed E-state index contributed by atoms with van der Waals surface area (Å²) in [6, 6.07) is 4.35. The van der Waals surface area contributed by atoms with E-state index >= 15 is 0 Å². The maximum atomic E-state index is 5.63. The molecular formula is C12H21NO2. The van der Waals surface area contributed by atoms with Crippen LogP contribution in [-0.4, -0.2) is 18.7 Å². The molecule has 0 aromatic carbocycles. The van der Waals surface area contributed by atoms with Gasteiger partial charge >= 0.3 is 0 Å². The lowest BCUT2D eigenvalue weighted by Gasteiger charge is -2.13. The summed E-state index contributed by atoms with van der Waals surface area (Å²) in [6.45, 7) is 7.94. The topological polar surface area (TPSA) is 34.4 Å². The number of hydrogen-bond donors (Lipinski definition) is 1. The second-order valence-corrected chi connectivity index (χ2v) is 4.10. The van der Waals surface area contributed by atoms with Crippen molar-refractivity contribution >= 4 is 0 Å². The van der Waals surface area contributed by atoms with Gasteiger partial charge in [-0.25, -0.2) is 0 Å². The van der Waals surface area contributed by atoms with Crippen molar-refractivity contribution in [3.05, 3.63) is 24.2 Å². The van der Waals surface area contributed by atoms with Crippen molar-refractivity contribution in [3.63, 3.8) is 0 Å². The third-order valence-electron chi connectivity index (χ3n) is 2.19. The van der Waals surface area contributed by atoms with Gasteiger partial charge in [0.2, 0.25) is 0 Å². The van der Waals surface area contributed by atoms with Crippen LogP contribution in [0.25, 0.3) is 0 Å². The van der Waals surface area contributed by atoms with Gasteiger partial charge < -0.3 is 14.5 Å². The number of ether oxygens (including phenoxy) is 1. The van der Waals surface area contributed by atoms with Crippen LogP contribution in [-0.2, 0) is 11.3 Å². The maximum absolute atomic E-state index is 5.63. The van der Waals surface area contributed by atoms with Crippen molar-refractivity contribution in [3.8, 4) is 0 Å². The van der Waals surface area contributed by atoms with Crippen LogP contribution in [0.1, 0.15) is 33.0 Å². The van der Waals surface area contributed by atoms with E-state index in [-0.39, 0.29) is 6.10 Å². The lowest BCUT2D eigenvalue weighted by Crippen LogP contribution is -2.26. The third-order valence-corrected chi connectivity index (χ3v) is 2.19. The van der Waals surface area contributed by atoms with Gasteiger partial charge in [0.15, 0.2) is 0 Å². The molecule has 86 valence electrons. The summed E-state index contributed by atoms with van der Waals surface area (Å²) in [5, 5.41) is 3.37. The fourth-order valence-electron chi connectivity index (χ4n) is 1.28. The molecule has 0 aliphatic carbocycles. The predicted octanol–water partition coefficient (Wildman–Crippen LogP) is 2.57. The van der Waals surface area contributed by atoms with Crippen molar-refractivity contribution in [1.82, 2.24) is 5.32 Å². The second-order valence-electron chi connectivity index (χ2n) is 4.10. The molecular weight excluding hydrogens is 190 g/mol. The van der Waals surface area contributed by atoms with Gasteiger partial charge in [-0.05, 0) is 32.0 Å². The average molecular weight is 211 g/mol. The van der Waals surface area contributed by atoms with Gasteiger partial charge in [0, 0.05) is 6.04 Å². The molecule has 0 fully saturated rings. The molecule has 1 unspecified atom stereocenters. The Labute approximate surface area is 91.8 Å². The Balaban J connectivity index is 2.06. The molecule has 0 bridgehead atoms. The van der Waals surface area contributed by atoms with E-state index in [4.69, 9.17) is 9.15 Å². The molecule has 1 atom stereocenters. The van der Waals surface area contributed by atoms with Crippen LogP contribution in [0.4, 0.5) is 0 Å². The molecule has 0 amide bonds. The van der Waals surface area contributed by atoms with Crippen molar-refractivity contribution < 1.29 is 9.15 Å². The van der Waals surface area contributed by atoms with E-state index in [9.17, 15) is 0 Å². The normalized spacial score (nSPS) is 13.3. The first-order valence-corrected chi connectivity index (χ1v) is 5.56. The predicted molar refractivity (Wildman–Crippen MR) is 60.7 cm³/mol. The van der Waals surface area contributed by atoms with E-state index in [1.807, 2.05) is 12.1 Å². The fourth-order valence-corrected chi connectivity index (χ4v) is 1.28. The zero-order chi connectivity index (χ0) is 11.1. The molecule has 3 nitrogen and oxygen atoms in total. The largest absolute Gasteiger partial charge is 0.467 e. The summed E-state index contributed by atoms with van der Waals surface area (Å²) in [4.78, 5) is 0. The Bertz CT molecular complexity index is 244. The molecule has 0 spiro atoms. The quantitative estimate of drug-likeness (QED) is 0.752. The molecule has 15 heavy (non-hydrogen) atoms. The minimum atomic E-state index is 0.265. The Morgan fingerprint density at radius 1 is 1.40 bits per heavy atom. The summed E-state index contributed by atoms with van der Waals surface area (Å²) in [6.07, 6.45) is 2.96. The van der Waals surface area contributed by atoms with E-state index in [1.54, 1.807) is 6.26 Å². The average Bonchev–Trinajstić information content (AvgIpc) is 2.66. The second kappa shape index (κ2) is 6.64. The Hall–Kier alpha value is -0.800. The maximum Gasteiger partial charge on any atom is 0.129 e. The number of furan rings is 1. The third kappa shape index (κ3) is 5.60. The summed E-state index contributed by atoms with van der Waals surface area (Å²) in [5.74, 6) is 0.888. The molecule has 1 N–H and O–H groups in total. The van der Waals surface area contributed by atoms with Crippen LogP contribution in [0.3, 0.4) is 0 Å². The van der Waals surface area contributed by atoms with E-state index in [0.717, 1.165) is 18.7 Å². The molecule has 3 heteroatoms. The summed E-state index contributed by atoms with van der Waals surface area (Å²) in [5.41, 5.74) is 0. The Kier molecular flexibility index (Phi) is 5.43. The fraction of sp³-hybridized carbons (Fsp3) is 0.667. The summed E-state index contributed by atoms with van der Waals surface area (Å²) in [7, 11) is 0. The lowest BCUT2D eigenvalue weighted by atomic mass is 10.2. The molecule has 0 radical (unpaired) electrons. The number of nitrogens with one attached hydrogen (secondary N) is 1. The number of hydrogen-bond acceptors (Lipinski definition) is 3. The highest BCUT2D eigenvalue weighted by Gasteiger charge is 2.04. The van der Waals surface area contributed by atoms with E-state index in [0.29, 0.717) is 12.6 Å². The lowest BCUT2D eigenvalue weighted by molar-refractivity contribution is 0.0376. The minimum absolute atomic E-state index is 0.265. The van der Waals surface area contributed by atoms with E-state index in [2.05, 4.69) is 26.1 Å². The zero-order valence-corrected chi connectivity index (χ0v) is 9.82. The van der Waals surface area contributed by atoms with Crippen LogP contribution in [0.5, 0.6) is 0 Å². The highest BCUT2D eigenvalue weighted by atomic mass is 16.5. The minimum Gasteiger partial charge on any atom is -0.467 e. The molecule has 0 aliphatic heterocycles. The molecule has 0 saturated heterocycles. The van der Waals surface area contributed by atoms with Crippen molar-refractivity contribution in [1.29, 1.82) is 0 Å². The van der Waals surface area contributed by atoms with Gasteiger partial charge in [-0.3, -0.25) is 0 Å². The van der Waals surface area contributed by atoms with Crippen molar-refractivity contribution in [2.75, 3.05) is 6.54 Å². The van der Waals surface area contributed by atoms with Crippen LogP contribution in [0.2, 0.25) is 0 Å². The van der Waals surface area contributed by atoms with Crippen molar-refractivity contribution in [2.24, 2.45) is 0 Å². The van der Waals surface area contributed by atoms with E-state index < -0.39 is 0 Å². The van der Waals surface area contributed by atoms with Gasteiger partial charge in [-0.15, -0.1) is 0 Å². The van der Waals surface area contributed by atoms with Gasteiger partial charge in [-0.2, -0.15) is 0 Å². The van der Waals surface area contributed by atoms with Gasteiger partial charge in [-0.1, -0.05) is 13.8 Å². The molecule has 1 rings (SSSR count). The van der Waals surface area contributed by atoms with Gasteiger partial charge in [0.25, 0.3) is 0 Å².